The molecule has 0 bridgehead atoms. The molecule has 5 rings (SSSR count). The molecule has 0 saturated carbocycles. The van der Waals surface area contributed by atoms with Crippen molar-refractivity contribution in [3.8, 4) is 17.0 Å². The number of halogens is 3. The maximum absolute atomic E-state index is 12.9. The minimum atomic E-state index is -4.46. The Bertz CT molecular complexity index is 1810. The fourth-order valence-corrected chi connectivity index (χ4v) is 6.40. The lowest BCUT2D eigenvalue weighted by molar-refractivity contribution is -0.139. The van der Waals surface area contributed by atoms with Crippen molar-refractivity contribution in [3.05, 3.63) is 107 Å². The van der Waals surface area contributed by atoms with E-state index in [1.807, 2.05) is 48.9 Å². The van der Waals surface area contributed by atoms with Crippen molar-refractivity contribution in [3.63, 3.8) is 0 Å². The Kier molecular flexibility index (Phi) is 8.98. The summed E-state index contributed by atoms with van der Waals surface area (Å²) in [6.45, 7) is 8.56. The largest absolute Gasteiger partial charge is 0.487 e. The first-order valence-electron chi connectivity index (χ1n) is 14.4. The highest BCUT2D eigenvalue weighted by molar-refractivity contribution is 8.00. The van der Waals surface area contributed by atoms with Crippen molar-refractivity contribution < 1.29 is 27.8 Å². The number of carboxylic acid groups (broad SMARTS) is 1. The van der Waals surface area contributed by atoms with Gasteiger partial charge < -0.3 is 14.4 Å². The Morgan fingerprint density at radius 3 is 2.29 bits per heavy atom. The lowest BCUT2D eigenvalue weighted by atomic mass is 9.95. The SMILES string of the molecule is Cc1ccc(COc2ccc3c(c2)c(SC(C)(C)C)c(C(Cc2ccc(-c4ccc(C(F)(F)F)cn4)cc2)C(=O)O)n3C)nc1. The molecule has 0 saturated heterocycles. The smallest absolute Gasteiger partial charge is 0.417 e. The lowest BCUT2D eigenvalue weighted by Gasteiger charge is -2.22. The van der Waals surface area contributed by atoms with Crippen LogP contribution in [0, 0.1) is 6.92 Å². The van der Waals surface area contributed by atoms with Crippen LogP contribution in [0.5, 0.6) is 5.75 Å². The Labute approximate surface area is 264 Å². The standard InChI is InChI=1S/C35H34F3N3O3S/c1-21-6-12-25(39-18-21)20-44-26-13-15-30-27(17-26)32(45-34(2,3)4)31(41(30)5)28(33(42)43)16-22-7-9-23(10-8-22)29-14-11-24(19-40-29)35(36,37)38/h6-15,17-19,28H,16,20H2,1-5H3,(H,42,43). The van der Waals surface area contributed by atoms with Gasteiger partial charge in [-0.05, 0) is 60.9 Å². The number of aromatic nitrogens is 3. The topological polar surface area (TPSA) is 77.2 Å². The molecule has 1 unspecified atom stereocenters. The van der Waals surface area contributed by atoms with Gasteiger partial charge in [0.15, 0.2) is 0 Å². The summed E-state index contributed by atoms with van der Waals surface area (Å²) in [6.07, 6.45) is -1.62. The molecule has 2 aromatic carbocycles. The van der Waals surface area contributed by atoms with E-state index >= 15 is 0 Å². The number of pyridine rings is 2. The molecule has 3 aromatic heterocycles. The van der Waals surface area contributed by atoms with Crippen LogP contribution in [0.15, 0.2) is 84.0 Å². The number of carboxylic acids is 1. The van der Waals surface area contributed by atoms with Crippen LogP contribution in [0.4, 0.5) is 13.2 Å². The number of aryl methyl sites for hydroxylation is 2. The van der Waals surface area contributed by atoms with Gasteiger partial charge in [0, 0.05) is 51.2 Å². The molecule has 0 spiro atoms. The van der Waals surface area contributed by atoms with Crippen LogP contribution in [-0.2, 0) is 31.0 Å². The van der Waals surface area contributed by atoms with Crippen molar-refractivity contribution in [1.82, 2.24) is 14.5 Å². The van der Waals surface area contributed by atoms with Crippen molar-refractivity contribution >= 4 is 28.6 Å². The summed E-state index contributed by atoms with van der Waals surface area (Å²) in [5, 5.41) is 11.4. The number of ether oxygens (including phenoxy) is 1. The minimum absolute atomic E-state index is 0.203. The molecule has 0 radical (unpaired) electrons. The molecule has 6 nitrogen and oxygen atoms in total. The second kappa shape index (κ2) is 12.6. The first kappa shape index (κ1) is 32.1. The highest BCUT2D eigenvalue weighted by atomic mass is 32.2. The number of benzene rings is 2. The average molecular weight is 634 g/mol. The van der Waals surface area contributed by atoms with Crippen molar-refractivity contribution in [1.29, 1.82) is 0 Å². The van der Waals surface area contributed by atoms with Crippen molar-refractivity contribution in [2.24, 2.45) is 7.05 Å². The number of carbonyl (C=O) groups is 1. The third-order valence-corrected chi connectivity index (χ3v) is 8.59. The van der Waals surface area contributed by atoms with Crippen molar-refractivity contribution in [2.75, 3.05) is 0 Å². The molecule has 0 aliphatic carbocycles. The van der Waals surface area contributed by atoms with Crippen LogP contribution < -0.4 is 4.74 Å². The molecule has 10 heteroatoms. The molecule has 0 fully saturated rings. The number of alkyl halides is 3. The molecule has 3 heterocycles. The molecule has 0 aliphatic heterocycles. The highest BCUT2D eigenvalue weighted by Gasteiger charge is 2.32. The first-order valence-corrected chi connectivity index (χ1v) is 15.2. The van der Waals surface area contributed by atoms with Gasteiger partial charge >= 0.3 is 12.1 Å². The van der Waals surface area contributed by atoms with E-state index in [1.165, 1.54) is 6.07 Å². The van der Waals surface area contributed by atoms with Gasteiger partial charge in [-0.3, -0.25) is 14.8 Å². The fraction of sp³-hybridized carbons (Fsp3) is 0.286. The highest BCUT2D eigenvalue weighted by Crippen LogP contribution is 2.45. The first-order chi connectivity index (χ1) is 21.2. The predicted octanol–water partition coefficient (Wildman–Crippen LogP) is 8.84. The van der Waals surface area contributed by atoms with Crippen LogP contribution in [0.2, 0.25) is 0 Å². The lowest BCUT2D eigenvalue weighted by Crippen LogP contribution is -2.19. The number of rotatable bonds is 9. The fourth-order valence-electron chi connectivity index (χ4n) is 5.13. The maximum atomic E-state index is 12.9. The summed E-state index contributed by atoms with van der Waals surface area (Å²) >= 11 is 1.62. The summed E-state index contributed by atoms with van der Waals surface area (Å²) in [5.41, 5.74) is 4.48. The number of nitrogens with zero attached hydrogens (tertiary/aromatic N) is 3. The molecule has 0 amide bonds. The second-order valence-corrected chi connectivity index (χ2v) is 13.8. The number of hydrogen-bond acceptors (Lipinski definition) is 5. The van der Waals surface area contributed by atoms with Gasteiger partial charge in [0.1, 0.15) is 18.3 Å². The summed E-state index contributed by atoms with van der Waals surface area (Å²) in [4.78, 5) is 22.1. The average Bonchev–Trinajstić information content (AvgIpc) is 3.24. The predicted molar refractivity (Wildman–Crippen MR) is 171 cm³/mol. The summed E-state index contributed by atoms with van der Waals surface area (Å²) in [6, 6.07) is 19.2. The molecule has 0 aliphatic rings. The number of hydrogen-bond donors (Lipinski definition) is 1. The van der Waals surface area contributed by atoms with E-state index in [4.69, 9.17) is 4.74 Å². The van der Waals surface area contributed by atoms with E-state index in [2.05, 4.69) is 30.7 Å². The van der Waals surface area contributed by atoms with E-state index in [9.17, 15) is 23.1 Å². The van der Waals surface area contributed by atoms with Gasteiger partial charge in [0.05, 0.1) is 17.0 Å². The van der Waals surface area contributed by atoms with E-state index in [0.717, 1.165) is 44.9 Å². The van der Waals surface area contributed by atoms with E-state index in [-0.39, 0.29) is 11.2 Å². The second-order valence-electron chi connectivity index (χ2n) is 12.0. The molecule has 5 aromatic rings. The van der Waals surface area contributed by atoms with Gasteiger partial charge in [0.2, 0.25) is 0 Å². The molecule has 1 atom stereocenters. The number of aliphatic carboxylic acids is 1. The Balaban J connectivity index is 1.46. The molecule has 1 N–H and O–H groups in total. The third kappa shape index (κ3) is 7.50. The van der Waals surface area contributed by atoms with E-state index in [0.29, 0.717) is 29.3 Å². The van der Waals surface area contributed by atoms with E-state index in [1.54, 1.807) is 42.2 Å². The Morgan fingerprint density at radius 2 is 1.71 bits per heavy atom. The van der Waals surface area contributed by atoms with Crippen LogP contribution in [-0.4, -0.2) is 30.4 Å². The molecular weight excluding hydrogens is 599 g/mol. The minimum Gasteiger partial charge on any atom is -0.487 e. The van der Waals surface area contributed by atoms with Crippen LogP contribution in [0.1, 0.15) is 54.8 Å². The van der Waals surface area contributed by atoms with Crippen LogP contribution in [0.3, 0.4) is 0 Å². The van der Waals surface area contributed by atoms with Crippen LogP contribution in [0.25, 0.3) is 22.2 Å². The van der Waals surface area contributed by atoms with Gasteiger partial charge in [-0.25, -0.2) is 0 Å². The zero-order valence-electron chi connectivity index (χ0n) is 25.6. The summed E-state index contributed by atoms with van der Waals surface area (Å²) in [5.74, 6) is -1.15. The van der Waals surface area contributed by atoms with Crippen LogP contribution >= 0.6 is 11.8 Å². The van der Waals surface area contributed by atoms with Gasteiger partial charge in [0.25, 0.3) is 0 Å². The normalized spacial score (nSPS) is 12.8. The Hall–Kier alpha value is -4.31. The monoisotopic (exact) mass is 633 g/mol. The van der Waals surface area contributed by atoms with Gasteiger partial charge in [-0.15, -0.1) is 11.8 Å². The molecular formula is C35H34F3N3O3S. The number of thioether (sulfide) groups is 1. The maximum Gasteiger partial charge on any atom is 0.417 e. The number of fused-ring (bicyclic) bond motifs is 1. The summed E-state index contributed by atoms with van der Waals surface area (Å²) < 4.78 is 46.7. The van der Waals surface area contributed by atoms with E-state index < -0.39 is 23.6 Å². The third-order valence-electron chi connectivity index (χ3n) is 7.34. The quantitative estimate of drug-likeness (QED) is 0.164. The molecule has 234 valence electrons. The summed E-state index contributed by atoms with van der Waals surface area (Å²) in [7, 11) is 1.89. The van der Waals surface area contributed by atoms with Gasteiger partial charge in [-0.2, -0.15) is 13.2 Å². The Morgan fingerprint density at radius 1 is 0.978 bits per heavy atom. The van der Waals surface area contributed by atoms with Crippen molar-refractivity contribution in [2.45, 2.75) is 62.5 Å². The molecule has 45 heavy (non-hydrogen) atoms. The zero-order chi connectivity index (χ0) is 32.5. The zero-order valence-corrected chi connectivity index (χ0v) is 26.5. The van der Waals surface area contributed by atoms with Gasteiger partial charge in [-0.1, -0.05) is 51.1 Å².